The highest BCUT2D eigenvalue weighted by Crippen LogP contribution is 2.21. The molecule has 0 atom stereocenters. The monoisotopic (exact) mass is 353 g/mol. The van der Waals surface area contributed by atoms with Gasteiger partial charge in [-0.15, -0.1) is 0 Å². The van der Waals surface area contributed by atoms with Gasteiger partial charge < -0.3 is 9.64 Å². The first-order chi connectivity index (χ1) is 12.8. The first kappa shape index (κ1) is 20.5. The van der Waals surface area contributed by atoms with Crippen molar-refractivity contribution in [1.82, 2.24) is 4.90 Å². The van der Waals surface area contributed by atoms with Crippen molar-refractivity contribution in [3.05, 3.63) is 65.7 Å². The van der Waals surface area contributed by atoms with Crippen LogP contribution < -0.4 is 4.74 Å². The van der Waals surface area contributed by atoms with Gasteiger partial charge in [0.25, 0.3) is 0 Å². The van der Waals surface area contributed by atoms with E-state index < -0.39 is 0 Å². The molecule has 2 aromatic rings. The van der Waals surface area contributed by atoms with Crippen LogP contribution in [0.5, 0.6) is 5.75 Å². The van der Waals surface area contributed by atoms with Crippen molar-refractivity contribution in [2.24, 2.45) is 5.92 Å². The first-order valence-electron chi connectivity index (χ1n) is 10.3. The van der Waals surface area contributed by atoms with Gasteiger partial charge in [0, 0.05) is 6.54 Å². The summed E-state index contributed by atoms with van der Waals surface area (Å²) >= 11 is 0. The van der Waals surface area contributed by atoms with Gasteiger partial charge in [0.05, 0.1) is 6.61 Å². The van der Waals surface area contributed by atoms with Crippen molar-refractivity contribution in [2.75, 3.05) is 26.2 Å². The van der Waals surface area contributed by atoms with Gasteiger partial charge in [-0.2, -0.15) is 0 Å². The predicted octanol–water partition coefficient (Wildman–Crippen LogP) is 5.74. The van der Waals surface area contributed by atoms with E-state index in [-0.39, 0.29) is 0 Å². The second-order valence-electron chi connectivity index (χ2n) is 6.91. The van der Waals surface area contributed by atoms with Crippen molar-refractivity contribution >= 4 is 0 Å². The van der Waals surface area contributed by atoms with Gasteiger partial charge >= 0.3 is 0 Å². The molecule has 142 valence electrons. The molecule has 0 spiro atoms. The lowest BCUT2D eigenvalue weighted by Crippen LogP contribution is -2.35. The second-order valence-corrected chi connectivity index (χ2v) is 6.91. The molecule has 0 bridgehead atoms. The fourth-order valence-corrected chi connectivity index (χ4v) is 3.53. The number of piperidine rings is 1. The zero-order valence-electron chi connectivity index (χ0n) is 16.8. The lowest BCUT2D eigenvalue weighted by atomic mass is 9.93. The molecule has 2 heteroatoms. The maximum absolute atomic E-state index is 5.84. The Morgan fingerprint density at radius 3 is 2.27 bits per heavy atom. The van der Waals surface area contributed by atoms with Crippen LogP contribution >= 0.6 is 0 Å². The van der Waals surface area contributed by atoms with Gasteiger partial charge in [-0.3, -0.25) is 0 Å². The lowest BCUT2D eigenvalue weighted by Gasteiger charge is -2.32. The van der Waals surface area contributed by atoms with Crippen LogP contribution in [0, 0.1) is 12.8 Å². The number of nitrogens with zero attached hydrogens (tertiary/aromatic N) is 1. The van der Waals surface area contributed by atoms with Gasteiger partial charge in [0.15, 0.2) is 0 Å². The standard InChI is InChI=1S/C22H29NO.C2H6/c1-19-7-5-6-8-21(19)13-17-23-15-11-20(12-16-23)14-18-24-22-9-3-2-4-10-22;1-2/h2-10,20H,11-18H2,1H3;1-2H3. The molecule has 0 N–H and O–H groups in total. The van der Waals surface area contributed by atoms with Gasteiger partial charge in [0.1, 0.15) is 5.75 Å². The second kappa shape index (κ2) is 11.7. The normalized spacial score (nSPS) is 15.2. The van der Waals surface area contributed by atoms with Crippen molar-refractivity contribution < 1.29 is 4.74 Å². The van der Waals surface area contributed by atoms with Gasteiger partial charge in [-0.25, -0.2) is 0 Å². The molecule has 0 unspecified atom stereocenters. The summed E-state index contributed by atoms with van der Waals surface area (Å²) in [5.74, 6) is 1.82. The van der Waals surface area contributed by atoms with Crippen molar-refractivity contribution in [2.45, 2.75) is 46.5 Å². The fourth-order valence-electron chi connectivity index (χ4n) is 3.53. The molecule has 1 fully saturated rings. The third-order valence-electron chi connectivity index (χ3n) is 5.20. The minimum absolute atomic E-state index is 0.823. The molecule has 0 radical (unpaired) electrons. The number of hydrogen-bond donors (Lipinski definition) is 0. The van der Waals surface area contributed by atoms with E-state index in [4.69, 9.17) is 4.74 Å². The SMILES string of the molecule is CC.Cc1ccccc1CCN1CCC(CCOc2ccccc2)CC1. The number of benzene rings is 2. The smallest absolute Gasteiger partial charge is 0.119 e. The summed E-state index contributed by atoms with van der Waals surface area (Å²) in [7, 11) is 0. The number of likely N-dealkylation sites (tertiary alicyclic amines) is 1. The molecule has 1 saturated heterocycles. The Bertz CT molecular complexity index is 603. The molecule has 1 heterocycles. The predicted molar refractivity (Wildman–Crippen MR) is 112 cm³/mol. The Balaban J connectivity index is 0.00000117. The van der Waals surface area contributed by atoms with Crippen LogP contribution in [-0.4, -0.2) is 31.1 Å². The fraction of sp³-hybridized carbons (Fsp3) is 0.500. The van der Waals surface area contributed by atoms with Crippen LogP contribution in [0.4, 0.5) is 0 Å². The summed E-state index contributed by atoms with van der Waals surface area (Å²) in [6.45, 7) is 10.7. The molecule has 0 amide bonds. The van der Waals surface area contributed by atoms with E-state index in [1.807, 2.05) is 44.2 Å². The summed E-state index contributed by atoms with van der Waals surface area (Å²) in [5.41, 5.74) is 2.92. The van der Waals surface area contributed by atoms with Crippen LogP contribution in [0.3, 0.4) is 0 Å². The van der Waals surface area contributed by atoms with E-state index in [0.717, 1.165) is 18.3 Å². The minimum Gasteiger partial charge on any atom is -0.494 e. The van der Waals surface area contributed by atoms with Crippen LogP contribution in [0.15, 0.2) is 54.6 Å². The van der Waals surface area contributed by atoms with E-state index in [2.05, 4.69) is 36.1 Å². The summed E-state index contributed by atoms with van der Waals surface area (Å²) in [6, 6.07) is 18.9. The average Bonchev–Trinajstić information content (AvgIpc) is 2.71. The highest BCUT2D eigenvalue weighted by atomic mass is 16.5. The lowest BCUT2D eigenvalue weighted by molar-refractivity contribution is 0.164. The maximum atomic E-state index is 5.84. The topological polar surface area (TPSA) is 12.5 Å². The van der Waals surface area contributed by atoms with Crippen molar-refractivity contribution in [3.63, 3.8) is 0 Å². The Hall–Kier alpha value is -1.80. The first-order valence-corrected chi connectivity index (χ1v) is 10.3. The summed E-state index contributed by atoms with van der Waals surface area (Å²) in [5, 5.41) is 0. The molecule has 2 aromatic carbocycles. The quantitative estimate of drug-likeness (QED) is 0.629. The number of hydrogen-bond acceptors (Lipinski definition) is 2. The molecular weight excluding hydrogens is 318 g/mol. The number of ether oxygens (including phenoxy) is 1. The largest absolute Gasteiger partial charge is 0.494 e. The highest BCUT2D eigenvalue weighted by Gasteiger charge is 2.19. The molecular formula is C24H35NO. The van der Waals surface area contributed by atoms with Crippen LogP contribution in [0.25, 0.3) is 0 Å². The Kier molecular flexibility index (Phi) is 9.27. The maximum Gasteiger partial charge on any atom is 0.119 e. The average molecular weight is 354 g/mol. The van der Waals surface area contributed by atoms with Gasteiger partial charge in [0.2, 0.25) is 0 Å². The van der Waals surface area contributed by atoms with Gasteiger partial charge in [-0.05, 0) is 74.9 Å². The van der Waals surface area contributed by atoms with E-state index in [1.54, 1.807) is 0 Å². The number of aryl methyl sites for hydroxylation is 1. The number of rotatable bonds is 7. The molecule has 1 aliphatic rings. The van der Waals surface area contributed by atoms with E-state index in [0.29, 0.717) is 0 Å². The zero-order chi connectivity index (χ0) is 18.6. The molecule has 0 aromatic heterocycles. The summed E-state index contributed by atoms with van der Waals surface area (Å²) in [4.78, 5) is 2.63. The molecule has 26 heavy (non-hydrogen) atoms. The van der Waals surface area contributed by atoms with E-state index >= 15 is 0 Å². The Morgan fingerprint density at radius 1 is 0.923 bits per heavy atom. The van der Waals surface area contributed by atoms with E-state index in [1.165, 1.54) is 56.4 Å². The number of para-hydroxylation sites is 1. The third-order valence-corrected chi connectivity index (χ3v) is 5.20. The summed E-state index contributed by atoms with van der Waals surface area (Å²) < 4.78 is 5.84. The molecule has 1 aliphatic heterocycles. The van der Waals surface area contributed by atoms with Crippen molar-refractivity contribution in [3.8, 4) is 5.75 Å². The van der Waals surface area contributed by atoms with Gasteiger partial charge in [-0.1, -0.05) is 56.3 Å². The molecule has 3 rings (SSSR count). The van der Waals surface area contributed by atoms with Crippen LogP contribution in [0.1, 0.15) is 44.2 Å². The van der Waals surface area contributed by atoms with E-state index in [9.17, 15) is 0 Å². The zero-order valence-corrected chi connectivity index (χ0v) is 16.8. The third kappa shape index (κ3) is 6.84. The highest BCUT2D eigenvalue weighted by molar-refractivity contribution is 5.25. The Labute approximate surface area is 160 Å². The molecule has 0 aliphatic carbocycles. The molecule has 0 saturated carbocycles. The van der Waals surface area contributed by atoms with Crippen LogP contribution in [-0.2, 0) is 6.42 Å². The minimum atomic E-state index is 0.823. The summed E-state index contributed by atoms with van der Waals surface area (Å²) in [6.07, 6.45) is 4.98. The van der Waals surface area contributed by atoms with Crippen molar-refractivity contribution in [1.29, 1.82) is 0 Å². The van der Waals surface area contributed by atoms with Crippen LogP contribution in [0.2, 0.25) is 0 Å². The molecule has 2 nitrogen and oxygen atoms in total. The Morgan fingerprint density at radius 2 is 1.58 bits per heavy atom.